The Hall–Kier alpha value is -3.31. The van der Waals surface area contributed by atoms with E-state index in [-0.39, 0.29) is 17.9 Å². The average molecular weight is 348 g/mol. The number of para-hydroxylation sites is 2. The van der Waals surface area contributed by atoms with Gasteiger partial charge < -0.3 is 9.84 Å². The second-order valence-electron chi connectivity index (χ2n) is 5.61. The van der Waals surface area contributed by atoms with Crippen LogP contribution in [0.5, 0.6) is 5.75 Å². The lowest BCUT2D eigenvalue weighted by Crippen LogP contribution is -2.26. The molecule has 0 aliphatic carbocycles. The summed E-state index contributed by atoms with van der Waals surface area (Å²) in [5.74, 6) is -0.274. The number of rotatable bonds is 5. The van der Waals surface area contributed by atoms with Crippen molar-refractivity contribution in [1.82, 2.24) is 0 Å². The number of hydrogen-bond donors (Lipinski definition) is 1. The van der Waals surface area contributed by atoms with E-state index in [1.807, 2.05) is 60.7 Å². The number of carbonyl (C=O) groups is 1. The van der Waals surface area contributed by atoms with Gasteiger partial charge in [-0.1, -0.05) is 48.5 Å². The topological polar surface area (TPSA) is 69.7 Å². The summed E-state index contributed by atoms with van der Waals surface area (Å²) in [5.41, 5.74) is 2.08. The Morgan fingerprint density at radius 1 is 0.846 bits per heavy atom. The van der Waals surface area contributed by atoms with E-state index in [9.17, 15) is 15.0 Å². The van der Waals surface area contributed by atoms with Gasteiger partial charge in [-0.15, -0.1) is 0 Å². The molecule has 1 radical (unpaired) electrons. The number of amides is 1. The van der Waals surface area contributed by atoms with Crippen molar-refractivity contribution in [1.29, 1.82) is 0 Å². The molecule has 3 rings (SSSR count). The molecule has 0 atom stereocenters. The minimum absolute atomic E-state index is 0.0963. The highest BCUT2D eigenvalue weighted by Gasteiger charge is 2.20. The molecule has 0 fully saturated rings. The second kappa shape index (κ2) is 8.18. The van der Waals surface area contributed by atoms with Gasteiger partial charge in [0.25, 0.3) is 0 Å². The van der Waals surface area contributed by atoms with Crippen LogP contribution in [0.3, 0.4) is 0 Å². The molecule has 1 N–H and O–H groups in total. The zero-order valence-corrected chi connectivity index (χ0v) is 14.0. The fourth-order valence-electron chi connectivity index (χ4n) is 2.64. The van der Waals surface area contributed by atoms with Gasteiger partial charge in [0.2, 0.25) is 0 Å². The molecule has 1 amide bonds. The van der Waals surface area contributed by atoms with Crippen LogP contribution < -0.4 is 4.90 Å². The van der Waals surface area contributed by atoms with Crippen molar-refractivity contribution in [2.24, 2.45) is 0 Å². The van der Waals surface area contributed by atoms with Crippen molar-refractivity contribution < 1.29 is 19.7 Å². The van der Waals surface area contributed by atoms with Gasteiger partial charge >= 0.3 is 6.09 Å². The Morgan fingerprint density at radius 3 is 1.96 bits per heavy atom. The first-order valence-electron chi connectivity index (χ1n) is 8.16. The standard InChI is InChI=1S/C21H18NO4/c23-14-19-16(8-7-13-20(19)24)15-26-21(25)22(17-9-3-1-4-10-17)18-11-5-2-6-12-18/h1-13,23H,14-15H2. The van der Waals surface area contributed by atoms with Crippen molar-refractivity contribution in [2.45, 2.75) is 13.2 Å². The lowest BCUT2D eigenvalue weighted by atomic mass is 10.1. The van der Waals surface area contributed by atoms with Gasteiger partial charge in [0.05, 0.1) is 18.0 Å². The van der Waals surface area contributed by atoms with Crippen molar-refractivity contribution in [2.75, 3.05) is 4.90 Å². The molecular formula is C21H18NO4. The predicted octanol–water partition coefficient (Wildman–Crippen LogP) is 4.80. The monoisotopic (exact) mass is 348 g/mol. The van der Waals surface area contributed by atoms with E-state index >= 15 is 0 Å². The Bertz CT molecular complexity index is 826. The van der Waals surface area contributed by atoms with Gasteiger partial charge in [-0.25, -0.2) is 9.69 Å². The van der Waals surface area contributed by atoms with E-state index < -0.39 is 12.7 Å². The van der Waals surface area contributed by atoms with Crippen LogP contribution in [0, 0.1) is 0 Å². The zero-order chi connectivity index (χ0) is 18.4. The summed E-state index contributed by atoms with van der Waals surface area (Å²) in [5, 5.41) is 21.2. The molecule has 0 unspecified atom stereocenters. The number of carbonyl (C=O) groups excluding carboxylic acids is 1. The summed E-state index contributed by atoms with van der Waals surface area (Å²) >= 11 is 0. The fraction of sp³-hybridized carbons (Fsp3) is 0.0952. The van der Waals surface area contributed by atoms with Gasteiger partial charge in [-0.3, -0.25) is 5.11 Å². The summed E-state index contributed by atoms with van der Waals surface area (Å²) in [6.07, 6.45) is -0.567. The molecule has 3 aromatic carbocycles. The molecule has 26 heavy (non-hydrogen) atoms. The number of hydrogen-bond acceptors (Lipinski definition) is 3. The third kappa shape index (κ3) is 3.84. The Morgan fingerprint density at radius 2 is 1.42 bits per heavy atom. The molecule has 0 heterocycles. The summed E-state index contributed by atoms with van der Waals surface area (Å²) < 4.78 is 5.43. The highest BCUT2D eigenvalue weighted by Crippen LogP contribution is 2.27. The minimum atomic E-state index is -0.567. The van der Waals surface area contributed by atoms with Gasteiger partial charge in [0.15, 0.2) is 5.75 Å². The zero-order valence-electron chi connectivity index (χ0n) is 14.0. The molecule has 0 aliphatic heterocycles. The molecule has 0 bridgehead atoms. The van der Waals surface area contributed by atoms with E-state index in [2.05, 4.69) is 0 Å². The van der Waals surface area contributed by atoms with Crippen LogP contribution in [0.4, 0.5) is 16.2 Å². The quantitative estimate of drug-likeness (QED) is 0.720. The van der Waals surface area contributed by atoms with E-state index in [0.717, 1.165) is 0 Å². The molecule has 0 saturated carbocycles. The fourth-order valence-corrected chi connectivity index (χ4v) is 2.64. The van der Waals surface area contributed by atoms with E-state index in [1.54, 1.807) is 12.1 Å². The van der Waals surface area contributed by atoms with Crippen LogP contribution >= 0.6 is 0 Å². The number of nitrogens with zero attached hydrogens (tertiary/aromatic N) is 1. The van der Waals surface area contributed by atoms with Crippen LogP contribution in [0.2, 0.25) is 0 Å². The van der Waals surface area contributed by atoms with Gasteiger partial charge in [-0.2, -0.15) is 0 Å². The number of ether oxygens (including phenoxy) is 1. The lowest BCUT2D eigenvalue weighted by molar-refractivity contribution is 0.148. The van der Waals surface area contributed by atoms with Crippen LogP contribution in [0.1, 0.15) is 11.1 Å². The minimum Gasteiger partial charge on any atom is -0.444 e. The third-order valence-electron chi connectivity index (χ3n) is 3.95. The first-order chi connectivity index (χ1) is 12.7. The highest BCUT2D eigenvalue weighted by atomic mass is 16.6. The molecule has 131 valence electrons. The maximum atomic E-state index is 12.8. The maximum Gasteiger partial charge on any atom is 0.419 e. The van der Waals surface area contributed by atoms with Gasteiger partial charge in [0, 0.05) is 5.56 Å². The number of aliphatic hydroxyl groups is 1. The van der Waals surface area contributed by atoms with E-state index in [0.29, 0.717) is 16.9 Å². The van der Waals surface area contributed by atoms with Gasteiger partial charge in [0.1, 0.15) is 6.61 Å². The Kier molecular flexibility index (Phi) is 5.51. The molecule has 0 aliphatic rings. The lowest BCUT2D eigenvalue weighted by Gasteiger charge is -2.22. The molecule has 0 saturated heterocycles. The average Bonchev–Trinajstić information content (AvgIpc) is 2.68. The van der Waals surface area contributed by atoms with Crippen LogP contribution in [-0.2, 0) is 23.1 Å². The van der Waals surface area contributed by atoms with Crippen molar-refractivity contribution in [3.05, 3.63) is 90.0 Å². The SMILES string of the molecule is [O]c1cccc(COC(=O)N(c2ccccc2)c2ccccc2)c1CO. The summed E-state index contributed by atoms with van der Waals surface area (Å²) in [7, 11) is 0. The normalized spacial score (nSPS) is 10.3. The molecule has 5 nitrogen and oxygen atoms in total. The number of aliphatic hydroxyl groups excluding tert-OH is 1. The molecular weight excluding hydrogens is 330 g/mol. The summed E-state index contributed by atoms with van der Waals surface area (Å²) in [6.45, 7) is -0.491. The van der Waals surface area contributed by atoms with Crippen LogP contribution in [0.15, 0.2) is 78.9 Å². The maximum absolute atomic E-state index is 12.8. The Balaban J connectivity index is 1.84. The number of benzene rings is 3. The van der Waals surface area contributed by atoms with Crippen LogP contribution in [-0.4, -0.2) is 11.2 Å². The number of anilines is 2. The first-order valence-corrected chi connectivity index (χ1v) is 8.16. The van der Waals surface area contributed by atoms with Crippen LogP contribution in [0.25, 0.3) is 0 Å². The molecule has 5 heteroatoms. The summed E-state index contributed by atoms with van der Waals surface area (Å²) in [4.78, 5) is 14.2. The van der Waals surface area contributed by atoms with Gasteiger partial charge in [-0.05, 0) is 35.9 Å². The third-order valence-corrected chi connectivity index (χ3v) is 3.95. The first kappa shape index (κ1) is 17.5. The van der Waals surface area contributed by atoms with Crippen molar-refractivity contribution in [3.8, 4) is 5.75 Å². The van der Waals surface area contributed by atoms with E-state index in [4.69, 9.17) is 4.74 Å². The van der Waals surface area contributed by atoms with Crippen molar-refractivity contribution in [3.63, 3.8) is 0 Å². The highest BCUT2D eigenvalue weighted by molar-refractivity contribution is 5.95. The largest absolute Gasteiger partial charge is 0.444 e. The summed E-state index contributed by atoms with van der Waals surface area (Å²) in [6, 6.07) is 22.9. The Labute approximate surface area is 151 Å². The molecule has 0 spiro atoms. The second-order valence-corrected chi connectivity index (χ2v) is 5.61. The smallest absolute Gasteiger partial charge is 0.419 e. The molecule has 0 aromatic heterocycles. The molecule has 3 aromatic rings. The predicted molar refractivity (Wildman–Crippen MR) is 97.7 cm³/mol. The van der Waals surface area contributed by atoms with E-state index in [1.165, 1.54) is 11.0 Å². The van der Waals surface area contributed by atoms with Crippen molar-refractivity contribution >= 4 is 17.5 Å².